The van der Waals surface area contributed by atoms with Crippen LogP contribution >= 0.6 is 23.2 Å². The molecule has 0 spiro atoms. The van der Waals surface area contributed by atoms with Crippen LogP contribution in [-0.2, 0) is 0 Å². The van der Waals surface area contributed by atoms with E-state index >= 15 is 0 Å². The van der Waals surface area contributed by atoms with Gasteiger partial charge >= 0.3 is 0 Å². The van der Waals surface area contributed by atoms with Gasteiger partial charge in [0.25, 0.3) is 0 Å². The number of halogens is 2. The predicted molar refractivity (Wildman–Crippen MR) is 102 cm³/mol. The van der Waals surface area contributed by atoms with Crippen LogP contribution in [0.1, 0.15) is 0 Å². The van der Waals surface area contributed by atoms with Crippen molar-refractivity contribution in [3.63, 3.8) is 0 Å². The second kappa shape index (κ2) is 5.92. The third-order valence-corrected chi connectivity index (χ3v) is 20.7. The van der Waals surface area contributed by atoms with Gasteiger partial charge in [-0.15, -0.1) is 23.2 Å². The molecule has 0 saturated carbocycles. The molecule has 0 bridgehead atoms. The molecule has 2 aromatic carbocycles. The van der Waals surface area contributed by atoms with Gasteiger partial charge < -0.3 is 0 Å². The molecule has 0 fully saturated rings. The lowest BCUT2D eigenvalue weighted by atomic mass is 10.4. The summed E-state index contributed by atoms with van der Waals surface area (Å²) in [6.07, 6.45) is 0. The van der Waals surface area contributed by atoms with Gasteiger partial charge in [0.15, 0.2) is 0 Å². The number of benzene rings is 2. The second-order valence-electron chi connectivity index (χ2n) is 6.56. The molecule has 0 nitrogen and oxygen atoms in total. The van der Waals surface area contributed by atoms with Crippen LogP contribution in [0.25, 0.3) is 0 Å². The minimum atomic E-state index is -2.03. The summed E-state index contributed by atoms with van der Waals surface area (Å²) in [6, 6.07) is 21.0. The van der Waals surface area contributed by atoms with E-state index in [4.69, 9.17) is 23.2 Å². The lowest BCUT2D eigenvalue weighted by Crippen LogP contribution is -2.71. The zero-order valence-corrected chi connectivity index (χ0v) is 16.5. The van der Waals surface area contributed by atoms with Crippen LogP contribution in [0.3, 0.4) is 0 Å². The molecule has 0 saturated heterocycles. The van der Waals surface area contributed by atoms with Gasteiger partial charge in [-0.05, 0) is 0 Å². The minimum Gasteiger partial charge on any atom is -0.109 e. The Balaban J connectivity index is 2.50. The van der Waals surface area contributed by atoms with Crippen LogP contribution in [0.2, 0.25) is 26.2 Å². The molecule has 2 aromatic rings. The summed E-state index contributed by atoms with van der Waals surface area (Å²) < 4.78 is -0.678. The molecule has 0 aliphatic rings. The molecule has 0 unspecified atom stereocenters. The summed E-state index contributed by atoms with van der Waals surface area (Å²) in [6.45, 7) is 9.11. The Kier molecular flexibility index (Phi) is 4.74. The molecule has 0 amide bonds. The average Bonchev–Trinajstić information content (AvgIpc) is 2.48. The van der Waals surface area contributed by atoms with Crippen LogP contribution in [0.15, 0.2) is 60.7 Å². The topological polar surface area (TPSA) is 0 Å². The SMILES string of the molecule is C[Si](C)(c1ccccc1)C(Cl)(Cl)[Si](C)(C)c1ccccc1. The summed E-state index contributed by atoms with van der Waals surface area (Å²) >= 11 is 14.2. The number of rotatable bonds is 4. The van der Waals surface area contributed by atoms with E-state index < -0.39 is 19.7 Å². The molecule has 0 heterocycles. The van der Waals surface area contributed by atoms with Crippen molar-refractivity contribution in [2.45, 2.75) is 29.8 Å². The molecule has 0 N–H and O–H groups in total. The van der Waals surface area contributed by atoms with Gasteiger partial charge in [0.05, 0.1) is 0 Å². The molecule has 0 radical (unpaired) electrons. The summed E-state index contributed by atoms with van der Waals surface area (Å²) in [5, 5.41) is 2.62. The molecular formula is C17H22Cl2Si2. The smallest absolute Gasteiger partial charge is 0.109 e. The molecule has 21 heavy (non-hydrogen) atoms. The second-order valence-corrected chi connectivity index (χ2v) is 18.8. The van der Waals surface area contributed by atoms with Crippen LogP contribution < -0.4 is 10.4 Å². The van der Waals surface area contributed by atoms with Gasteiger partial charge in [-0.25, -0.2) is 0 Å². The van der Waals surface area contributed by atoms with E-state index in [0.29, 0.717) is 0 Å². The summed E-state index contributed by atoms with van der Waals surface area (Å²) in [7, 11) is -4.07. The van der Waals surface area contributed by atoms with Gasteiger partial charge in [-0.1, -0.05) is 97.2 Å². The van der Waals surface area contributed by atoms with Gasteiger partial charge in [0, 0.05) is 0 Å². The third kappa shape index (κ3) is 2.87. The van der Waals surface area contributed by atoms with Gasteiger partial charge in [-0.3, -0.25) is 0 Å². The van der Waals surface area contributed by atoms with Crippen LogP contribution in [0, 0.1) is 0 Å². The number of alkyl halides is 2. The van der Waals surface area contributed by atoms with Gasteiger partial charge in [-0.2, -0.15) is 0 Å². The fraction of sp³-hybridized carbons (Fsp3) is 0.294. The van der Waals surface area contributed by atoms with Crippen LogP contribution in [0.5, 0.6) is 0 Å². The highest BCUT2D eigenvalue weighted by Crippen LogP contribution is 2.40. The van der Waals surface area contributed by atoms with E-state index in [1.165, 1.54) is 10.4 Å². The lowest BCUT2D eigenvalue weighted by molar-refractivity contribution is 1.39. The summed E-state index contributed by atoms with van der Waals surface area (Å²) in [5.74, 6) is 0. The van der Waals surface area contributed by atoms with Crippen molar-refractivity contribution in [3.8, 4) is 0 Å². The van der Waals surface area contributed by atoms with Crippen molar-refractivity contribution in [1.29, 1.82) is 0 Å². The van der Waals surface area contributed by atoms with E-state index in [0.717, 1.165) is 0 Å². The average molecular weight is 353 g/mol. The standard InChI is InChI=1S/C17H22Cl2Si2/c1-20(2,15-11-7-5-8-12-15)17(18,19)21(3,4)16-13-9-6-10-14-16/h5-14H,1-4H3. The van der Waals surface area contributed by atoms with Crippen molar-refractivity contribution in [2.24, 2.45) is 0 Å². The highest BCUT2D eigenvalue weighted by Gasteiger charge is 2.56. The van der Waals surface area contributed by atoms with Crippen molar-refractivity contribution < 1.29 is 0 Å². The fourth-order valence-electron chi connectivity index (χ4n) is 2.85. The lowest BCUT2D eigenvalue weighted by Gasteiger charge is -2.46. The van der Waals surface area contributed by atoms with Crippen molar-refractivity contribution in [3.05, 3.63) is 60.7 Å². The Morgan fingerprint density at radius 3 is 1.19 bits per heavy atom. The first-order valence-corrected chi connectivity index (χ1v) is 14.0. The summed E-state index contributed by atoms with van der Waals surface area (Å²) in [4.78, 5) is 0. The van der Waals surface area contributed by atoms with Crippen molar-refractivity contribution >= 4 is 49.7 Å². The molecule has 0 atom stereocenters. The molecule has 0 aliphatic carbocycles. The zero-order chi connectivity index (χ0) is 15.7. The van der Waals surface area contributed by atoms with E-state index in [-0.39, 0.29) is 0 Å². The first kappa shape index (κ1) is 16.8. The molecule has 0 aromatic heterocycles. The quantitative estimate of drug-likeness (QED) is 0.562. The van der Waals surface area contributed by atoms with E-state index in [9.17, 15) is 0 Å². The molecule has 112 valence electrons. The Hall–Kier alpha value is -0.546. The van der Waals surface area contributed by atoms with Gasteiger partial charge in [0.1, 0.15) is 19.7 Å². The summed E-state index contributed by atoms with van der Waals surface area (Å²) in [5.41, 5.74) is 0. The maximum atomic E-state index is 7.08. The third-order valence-electron chi connectivity index (χ3n) is 4.56. The fourth-order valence-corrected chi connectivity index (χ4v) is 14.1. The van der Waals surface area contributed by atoms with E-state index in [1.54, 1.807) is 0 Å². The van der Waals surface area contributed by atoms with Crippen molar-refractivity contribution in [1.82, 2.24) is 0 Å². The monoisotopic (exact) mass is 352 g/mol. The highest BCUT2D eigenvalue weighted by atomic mass is 35.5. The number of hydrogen-bond acceptors (Lipinski definition) is 0. The zero-order valence-electron chi connectivity index (χ0n) is 13.0. The predicted octanol–water partition coefficient (Wildman–Crippen LogP) is 4.47. The van der Waals surface area contributed by atoms with Gasteiger partial charge in [0.2, 0.25) is 0 Å². The Morgan fingerprint density at radius 2 is 0.905 bits per heavy atom. The van der Waals surface area contributed by atoms with Crippen molar-refractivity contribution in [2.75, 3.05) is 0 Å². The Morgan fingerprint density at radius 1 is 0.619 bits per heavy atom. The number of hydrogen-bond donors (Lipinski definition) is 0. The Labute approximate surface area is 140 Å². The minimum absolute atomic E-state index is 0.678. The van der Waals surface area contributed by atoms with E-state index in [2.05, 4.69) is 74.7 Å². The van der Waals surface area contributed by atoms with E-state index in [1.807, 2.05) is 12.1 Å². The van der Waals surface area contributed by atoms with Crippen LogP contribution in [0.4, 0.5) is 0 Å². The first-order valence-electron chi connectivity index (χ1n) is 7.20. The highest BCUT2D eigenvalue weighted by molar-refractivity contribution is 7.22. The normalized spacial score (nSPS) is 13.2. The largest absolute Gasteiger partial charge is 0.119 e. The molecule has 2 rings (SSSR count). The maximum Gasteiger partial charge on any atom is 0.119 e. The molecular weight excluding hydrogens is 331 g/mol. The Bertz CT molecular complexity index is 539. The first-order chi connectivity index (χ1) is 9.71. The maximum absolute atomic E-state index is 7.08. The van der Waals surface area contributed by atoms with Crippen LogP contribution in [-0.4, -0.2) is 19.7 Å². The molecule has 4 heteroatoms. The molecule has 0 aliphatic heterocycles.